The van der Waals surface area contributed by atoms with Crippen LogP contribution in [-0.4, -0.2) is 11.0 Å². The van der Waals surface area contributed by atoms with E-state index in [2.05, 4.69) is 31.8 Å². The molecule has 0 saturated carbocycles. The quantitative estimate of drug-likeness (QED) is 0.903. The van der Waals surface area contributed by atoms with E-state index in [4.69, 9.17) is 10.5 Å². The number of rotatable bonds is 5. The summed E-state index contributed by atoms with van der Waals surface area (Å²) in [5.74, 6) is 0.849. The minimum Gasteiger partial charge on any atom is -0.482 e. The van der Waals surface area contributed by atoms with Gasteiger partial charge in [-0.1, -0.05) is 19.1 Å². The van der Waals surface area contributed by atoms with Gasteiger partial charge in [0, 0.05) is 12.2 Å². The van der Waals surface area contributed by atoms with Crippen molar-refractivity contribution in [1.82, 2.24) is 4.98 Å². The van der Waals surface area contributed by atoms with Crippen molar-refractivity contribution in [2.75, 3.05) is 0 Å². The molecule has 2 rings (SSSR count). The predicted octanol–water partition coefficient (Wildman–Crippen LogP) is 3.56. The predicted molar refractivity (Wildman–Crippen MR) is 81.8 cm³/mol. The largest absolute Gasteiger partial charge is 0.482 e. The summed E-state index contributed by atoms with van der Waals surface area (Å²) in [6, 6.07) is 11.9. The number of aromatic nitrogens is 1. The number of hydrogen-bond acceptors (Lipinski definition) is 3. The van der Waals surface area contributed by atoms with E-state index in [1.807, 2.05) is 30.3 Å². The Kier molecular flexibility index (Phi) is 4.74. The Hall–Kier alpha value is -1.87. The molecule has 0 saturated heterocycles. The summed E-state index contributed by atoms with van der Waals surface area (Å²) < 4.78 is 6.13. The number of nitrogens with zero attached hydrogens (tertiary/aromatic N) is 1. The molecular weight excluding hydrogens is 248 g/mol. The molecule has 3 nitrogen and oxygen atoms in total. The van der Waals surface area contributed by atoms with Crippen LogP contribution in [0, 0.1) is 13.8 Å². The van der Waals surface area contributed by atoms with Crippen molar-refractivity contribution >= 4 is 0 Å². The molecule has 1 aromatic heterocycles. The molecule has 106 valence electrons. The van der Waals surface area contributed by atoms with Crippen LogP contribution in [0.25, 0.3) is 0 Å². The van der Waals surface area contributed by atoms with Crippen molar-refractivity contribution in [3.63, 3.8) is 0 Å². The van der Waals surface area contributed by atoms with Crippen LogP contribution in [0.3, 0.4) is 0 Å². The second-order valence-corrected chi connectivity index (χ2v) is 5.19. The number of hydrogen-bond donors (Lipinski definition) is 1. The summed E-state index contributed by atoms with van der Waals surface area (Å²) in [6.07, 6.45) is 2.39. The maximum Gasteiger partial charge on any atom is 0.155 e. The first-order valence-corrected chi connectivity index (χ1v) is 7.01. The number of ether oxygens (including phenoxy) is 1. The summed E-state index contributed by atoms with van der Waals surface area (Å²) in [7, 11) is 0. The average molecular weight is 270 g/mol. The Morgan fingerprint density at radius 1 is 1.15 bits per heavy atom. The Morgan fingerprint density at radius 2 is 1.85 bits per heavy atom. The standard InChI is InChI=1S/C17H22N2O/c1-4-15(18)17(16-7-5-6-8-19-16)20-14-10-12(2)9-13(3)11-14/h5-11,15,17H,4,18H2,1-3H3. The van der Waals surface area contributed by atoms with Gasteiger partial charge in [-0.25, -0.2) is 0 Å². The molecule has 1 heterocycles. The molecule has 0 aliphatic heterocycles. The topological polar surface area (TPSA) is 48.1 Å². The summed E-state index contributed by atoms with van der Waals surface area (Å²) in [5, 5.41) is 0. The minimum absolute atomic E-state index is 0.0780. The molecule has 0 aliphatic carbocycles. The normalized spacial score (nSPS) is 13.8. The van der Waals surface area contributed by atoms with Crippen molar-refractivity contribution in [2.24, 2.45) is 5.73 Å². The van der Waals surface area contributed by atoms with Gasteiger partial charge in [0.1, 0.15) is 5.75 Å². The fourth-order valence-corrected chi connectivity index (χ4v) is 2.27. The van der Waals surface area contributed by atoms with E-state index in [1.165, 1.54) is 11.1 Å². The molecule has 2 atom stereocenters. The third-order valence-electron chi connectivity index (χ3n) is 3.30. The first kappa shape index (κ1) is 14.5. The number of pyridine rings is 1. The van der Waals surface area contributed by atoms with Crippen LogP contribution in [0.4, 0.5) is 0 Å². The Morgan fingerprint density at radius 3 is 2.40 bits per heavy atom. The summed E-state index contributed by atoms with van der Waals surface area (Å²) in [6.45, 7) is 6.19. The highest BCUT2D eigenvalue weighted by atomic mass is 16.5. The van der Waals surface area contributed by atoms with Gasteiger partial charge < -0.3 is 10.5 Å². The van der Waals surface area contributed by atoms with E-state index >= 15 is 0 Å². The molecule has 20 heavy (non-hydrogen) atoms. The molecule has 3 heteroatoms. The monoisotopic (exact) mass is 270 g/mol. The van der Waals surface area contributed by atoms with Crippen molar-refractivity contribution in [1.29, 1.82) is 0 Å². The highest BCUT2D eigenvalue weighted by molar-refractivity contribution is 5.33. The van der Waals surface area contributed by atoms with E-state index in [0.29, 0.717) is 0 Å². The number of benzene rings is 1. The molecule has 0 spiro atoms. The maximum atomic E-state index is 6.21. The van der Waals surface area contributed by atoms with Gasteiger partial charge in [0.25, 0.3) is 0 Å². The molecule has 1 aromatic carbocycles. The first-order chi connectivity index (χ1) is 9.60. The van der Waals surface area contributed by atoms with Crippen molar-refractivity contribution in [3.8, 4) is 5.75 Å². The number of nitrogens with two attached hydrogens (primary N) is 1. The third kappa shape index (κ3) is 3.58. The van der Waals surface area contributed by atoms with Gasteiger partial charge in [0.2, 0.25) is 0 Å². The number of aryl methyl sites for hydroxylation is 2. The molecular formula is C17H22N2O. The van der Waals surface area contributed by atoms with E-state index in [9.17, 15) is 0 Å². The van der Waals surface area contributed by atoms with Gasteiger partial charge in [0.05, 0.1) is 5.69 Å². The van der Waals surface area contributed by atoms with Crippen molar-refractivity contribution in [2.45, 2.75) is 39.3 Å². The second kappa shape index (κ2) is 6.53. The molecule has 2 aromatic rings. The van der Waals surface area contributed by atoms with Crippen LogP contribution in [0.2, 0.25) is 0 Å². The van der Waals surface area contributed by atoms with Gasteiger partial charge in [-0.3, -0.25) is 4.98 Å². The lowest BCUT2D eigenvalue weighted by molar-refractivity contribution is 0.166. The lowest BCUT2D eigenvalue weighted by Crippen LogP contribution is -2.32. The molecule has 0 bridgehead atoms. The molecule has 2 unspecified atom stereocenters. The minimum atomic E-state index is -0.220. The third-order valence-corrected chi connectivity index (χ3v) is 3.30. The van der Waals surface area contributed by atoms with E-state index in [-0.39, 0.29) is 12.1 Å². The maximum absolute atomic E-state index is 6.21. The molecule has 0 aliphatic rings. The lowest BCUT2D eigenvalue weighted by atomic mass is 10.1. The van der Waals surface area contributed by atoms with Gasteiger partial charge >= 0.3 is 0 Å². The second-order valence-electron chi connectivity index (χ2n) is 5.19. The van der Waals surface area contributed by atoms with Crippen molar-refractivity contribution in [3.05, 3.63) is 59.4 Å². The summed E-state index contributed by atoms with van der Waals surface area (Å²) in [4.78, 5) is 4.38. The summed E-state index contributed by atoms with van der Waals surface area (Å²) in [5.41, 5.74) is 9.45. The fraction of sp³-hybridized carbons (Fsp3) is 0.353. The van der Waals surface area contributed by atoms with Gasteiger partial charge in [-0.2, -0.15) is 0 Å². The zero-order valence-corrected chi connectivity index (χ0v) is 12.3. The van der Waals surface area contributed by atoms with Gasteiger partial charge in [-0.05, 0) is 55.7 Å². The zero-order valence-electron chi connectivity index (χ0n) is 12.3. The summed E-state index contributed by atoms with van der Waals surface area (Å²) >= 11 is 0. The van der Waals surface area contributed by atoms with Crippen LogP contribution in [0.15, 0.2) is 42.6 Å². The smallest absolute Gasteiger partial charge is 0.155 e. The van der Waals surface area contributed by atoms with Crippen molar-refractivity contribution < 1.29 is 4.74 Å². The average Bonchev–Trinajstić information content (AvgIpc) is 2.44. The highest BCUT2D eigenvalue weighted by Crippen LogP contribution is 2.25. The Labute approximate surface area is 120 Å². The SMILES string of the molecule is CCC(N)C(Oc1cc(C)cc(C)c1)c1ccccn1. The van der Waals surface area contributed by atoms with Gasteiger partial charge in [-0.15, -0.1) is 0 Å². The van der Waals surface area contributed by atoms with Crippen LogP contribution in [-0.2, 0) is 0 Å². The fourth-order valence-electron chi connectivity index (χ4n) is 2.27. The van der Waals surface area contributed by atoms with Crippen LogP contribution in [0.1, 0.15) is 36.3 Å². The zero-order chi connectivity index (χ0) is 14.5. The van der Waals surface area contributed by atoms with E-state index < -0.39 is 0 Å². The van der Waals surface area contributed by atoms with Crippen LogP contribution >= 0.6 is 0 Å². The molecule has 2 N–H and O–H groups in total. The molecule has 0 amide bonds. The highest BCUT2D eigenvalue weighted by Gasteiger charge is 2.21. The first-order valence-electron chi connectivity index (χ1n) is 7.01. The van der Waals surface area contributed by atoms with E-state index in [0.717, 1.165) is 17.9 Å². The van der Waals surface area contributed by atoms with Crippen LogP contribution in [0.5, 0.6) is 5.75 Å². The molecule has 0 fully saturated rings. The van der Waals surface area contributed by atoms with Crippen LogP contribution < -0.4 is 10.5 Å². The Bertz CT molecular complexity index is 534. The van der Waals surface area contributed by atoms with E-state index in [1.54, 1.807) is 6.20 Å². The molecule has 0 radical (unpaired) electrons. The van der Waals surface area contributed by atoms with Gasteiger partial charge in [0.15, 0.2) is 6.10 Å². The Balaban J connectivity index is 2.28. The lowest BCUT2D eigenvalue weighted by Gasteiger charge is -2.24.